The molecule has 0 fully saturated rings. The summed E-state index contributed by atoms with van der Waals surface area (Å²) in [6.45, 7) is 8.52. The first-order valence-corrected chi connectivity index (χ1v) is 7.43. The van der Waals surface area contributed by atoms with E-state index in [1.165, 1.54) is 9.75 Å². The monoisotopic (exact) mass is 266 g/mol. The lowest BCUT2D eigenvalue weighted by Crippen LogP contribution is -2.31. The van der Waals surface area contributed by atoms with Gasteiger partial charge < -0.3 is 5.32 Å². The SMILES string of the molecule is Cc1ncc(CNCC(C)(C)c2cccs2)s1. The minimum absolute atomic E-state index is 0.202. The van der Waals surface area contributed by atoms with Gasteiger partial charge in [0.2, 0.25) is 0 Å². The maximum Gasteiger partial charge on any atom is 0.0897 e. The largest absolute Gasteiger partial charge is 0.311 e. The lowest BCUT2D eigenvalue weighted by Gasteiger charge is -2.23. The van der Waals surface area contributed by atoms with Gasteiger partial charge in [-0.25, -0.2) is 4.98 Å². The van der Waals surface area contributed by atoms with Crippen molar-refractivity contribution in [1.82, 2.24) is 10.3 Å². The van der Waals surface area contributed by atoms with Crippen molar-refractivity contribution in [3.63, 3.8) is 0 Å². The van der Waals surface area contributed by atoms with Gasteiger partial charge in [-0.15, -0.1) is 22.7 Å². The molecule has 0 unspecified atom stereocenters. The minimum atomic E-state index is 0.202. The van der Waals surface area contributed by atoms with Gasteiger partial charge in [0, 0.05) is 34.5 Å². The quantitative estimate of drug-likeness (QED) is 0.894. The van der Waals surface area contributed by atoms with E-state index in [1.54, 1.807) is 11.3 Å². The van der Waals surface area contributed by atoms with Crippen LogP contribution in [0.1, 0.15) is 28.6 Å². The molecule has 0 bridgehead atoms. The van der Waals surface area contributed by atoms with E-state index in [0.717, 1.165) is 18.1 Å². The molecule has 0 atom stereocenters. The Labute approximate surface area is 111 Å². The summed E-state index contributed by atoms with van der Waals surface area (Å²) >= 11 is 3.60. The van der Waals surface area contributed by atoms with E-state index in [2.05, 4.69) is 41.7 Å². The zero-order valence-corrected chi connectivity index (χ0v) is 12.1. The van der Waals surface area contributed by atoms with Crippen molar-refractivity contribution in [2.24, 2.45) is 0 Å². The molecule has 2 aromatic rings. The topological polar surface area (TPSA) is 24.9 Å². The van der Waals surface area contributed by atoms with Crippen LogP contribution in [0.3, 0.4) is 0 Å². The first kappa shape index (κ1) is 12.7. The Balaban J connectivity index is 1.86. The molecule has 2 aromatic heterocycles. The number of hydrogen-bond donors (Lipinski definition) is 1. The fraction of sp³-hybridized carbons (Fsp3) is 0.462. The summed E-state index contributed by atoms with van der Waals surface area (Å²) in [4.78, 5) is 7.01. The van der Waals surface area contributed by atoms with Gasteiger partial charge in [0.1, 0.15) is 0 Å². The van der Waals surface area contributed by atoms with Gasteiger partial charge in [-0.3, -0.25) is 0 Å². The number of aromatic nitrogens is 1. The van der Waals surface area contributed by atoms with Crippen LogP contribution in [0.25, 0.3) is 0 Å². The summed E-state index contributed by atoms with van der Waals surface area (Å²) in [5, 5.41) is 6.80. The number of aryl methyl sites for hydroxylation is 1. The summed E-state index contributed by atoms with van der Waals surface area (Å²) in [7, 11) is 0. The van der Waals surface area contributed by atoms with Crippen LogP contribution < -0.4 is 5.32 Å². The molecule has 0 aliphatic heterocycles. The summed E-state index contributed by atoms with van der Waals surface area (Å²) in [5.41, 5.74) is 0.202. The molecule has 2 heterocycles. The molecule has 1 N–H and O–H groups in total. The number of thiazole rings is 1. The van der Waals surface area contributed by atoms with E-state index < -0.39 is 0 Å². The van der Waals surface area contributed by atoms with E-state index in [-0.39, 0.29) is 5.41 Å². The van der Waals surface area contributed by atoms with Crippen LogP contribution in [0, 0.1) is 6.92 Å². The van der Waals surface area contributed by atoms with E-state index in [9.17, 15) is 0 Å². The van der Waals surface area contributed by atoms with Crippen molar-refractivity contribution in [3.05, 3.63) is 38.5 Å². The molecule has 0 spiro atoms. The summed E-state index contributed by atoms with van der Waals surface area (Å²) in [5.74, 6) is 0. The van der Waals surface area contributed by atoms with Gasteiger partial charge in [-0.2, -0.15) is 0 Å². The van der Waals surface area contributed by atoms with Gasteiger partial charge in [0.25, 0.3) is 0 Å². The van der Waals surface area contributed by atoms with E-state index in [0.29, 0.717) is 0 Å². The molecule has 2 nitrogen and oxygen atoms in total. The zero-order valence-electron chi connectivity index (χ0n) is 10.5. The molecule has 0 saturated carbocycles. The third kappa shape index (κ3) is 3.37. The molecule has 0 aliphatic carbocycles. The van der Waals surface area contributed by atoms with Crippen molar-refractivity contribution in [3.8, 4) is 0 Å². The molecule has 0 aliphatic rings. The maximum atomic E-state index is 4.26. The first-order chi connectivity index (χ1) is 8.08. The molecule has 0 amide bonds. The average Bonchev–Trinajstić information content (AvgIpc) is 2.89. The van der Waals surface area contributed by atoms with Crippen molar-refractivity contribution in [2.75, 3.05) is 6.54 Å². The number of rotatable bonds is 5. The van der Waals surface area contributed by atoms with Crippen LogP contribution in [0.4, 0.5) is 0 Å². The molecular weight excluding hydrogens is 248 g/mol. The van der Waals surface area contributed by atoms with Crippen molar-refractivity contribution >= 4 is 22.7 Å². The van der Waals surface area contributed by atoms with Gasteiger partial charge in [0.05, 0.1) is 5.01 Å². The smallest absolute Gasteiger partial charge is 0.0897 e. The Morgan fingerprint density at radius 2 is 2.24 bits per heavy atom. The normalized spacial score (nSPS) is 11.9. The highest BCUT2D eigenvalue weighted by atomic mass is 32.1. The summed E-state index contributed by atoms with van der Waals surface area (Å²) in [6.07, 6.45) is 1.96. The highest BCUT2D eigenvalue weighted by Crippen LogP contribution is 2.26. The molecule has 0 saturated heterocycles. The first-order valence-electron chi connectivity index (χ1n) is 5.74. The van der Waals surface area contributed by atoms with Gasteiger partial charge in [0.15, 0.2) is 0 Å². The van der Waals surface area contributed by atoms with E-state index >= 15 is 0 Å². The van der Waals surface area contributed by atoms with Gasteiger partial charge in [-0.05, 0) is 18.4 Å². The third-order valence-corrected chi connectivity index (χ3v) is 4.87. The number of nitrogens with zero attached hydrogens (tertiary/aromatic N) is 1. The lowest BCUT2D eigenvalue weighted by molar-refractivity contribution is 0.478. The molecule has 92 valence electrons. The highest BCUT2D eigenvalue weighted by Gasteiger charge is 2.20. The Morgan fingerprint density at radius 1 is 1.41 bits per heavy atom. The Bertz CT molecular complexity index is 457. The summed E-state index contributed by atoms with van der Waals surface area (Å²) < 4.78 is 0. The second-order valence-electron chi connectivity index (χ2n) is 4.81. The van der Waals surface area contributed by atoms with Crippen molar-refractivity contribution in [2.45, 2.75) is 32.7 Å². The van der Waals surface area contributed by atoms with Crippen LogP contribution in [0.15, 0.2) is 23.7 Å². The average molecular weight is 266 g/mol. The molecule has 2 rings (SSSR count). The van der Waals surface area contributed by atoms with Crippen molar-refractivity contribution < 1.29 is 0 Å². The fourth-order valence-corrected chi connectivity index (χ4v) is 3.35. The van der Waals surface area contributed by atoms with Crippen molar-refractivity contribution in [1.29, 1.82) is 0 Å². The molecular formula is C13H18N2S2. The number of hydrogen-bond acceptors (Lipinski definition) is 4. The number of thiophene rings is 1. The maximum absolute atomic E-state index is 4.26. The van der Waals surface area contributed by atoms with Crippen LogP contribution in [-0.4, -0.2) is 11.5 Å². The number of nitrogens with one attached hydrogen (secondary N) is 1. The van der Waals surface area contributed by atoms with Crippen LogP contribution in [0.5, 0.6) is 0 Å². The zero-order chi connectivity index (χ0) is 12.3. The Hall–Kier alpha value is -0.710. The van der Waals surface area contributed by atoms with Crippen LogP contribution >= 0.6 is 22.7 Å². The second-order valence-corrected chi connectivity index (χ2v) is 7.08. The van der Waals surface area contributed by atoms with E-state index in [1.807, 2.05) is 24.5 Å². The van der Waals surface area contributed by atoms with Crippen LogP contribution in [-0.2, 0) is 12.0 Å². The Kier molecular flexibility index (Phi) is 3.97. The predicted molar refractivity (Wildman–Crippen MR) is 75.9 cm³/mol. The molecule has 17 heavy (non-hydrogen) atoms. The standard InChI is InChI=1S/C13H18N2S2/c1-10-15-8-11(17-10)7-14-9-13(2,3)12-5-4-6-16-12/h4-6,8,14H,7,9H2,1-3H3. The minimum Gasteiger partial charge on any atom is -0.311 e. The predicted octanol–water partition coefficient (Wildman–Crippen LogP) is 3.58. The second kappa shape index (κ2) is 5.29. The van der Waals surface area contributed by atoms with Gasteiger partial charge in [-0.1, -0.05) is 19.9 Å². The molecule has 4 heteroatoms. The van der Waals surface area contributed by atoms with Crippen LogP contribution in [0.2, 0.25) is 0 Å². The molecule has 0 aromatic carbocycles. The highest BCUT2D eigenvalue weighted by molar-refractivity contribution is 7.11. The summed E-state index contributed by atoms with van der Waals surface area (Å²) in [6, 6.07) is 4.33. The lowest BCUT2D eigenvalue weighted by atomic mass is 9.91. The Morgan fingerprint density at radius 3 is 2.82 bits per heavy atom. The van der Waals surface area contributed by atoms with E-state index in [4.69, 9.17) is 0 Å². The molecule has 0 radical (unpaired) electrons. The van der Waals surface area contributed by atoms with Gasteiger partial charge >= 0.3 is 0 Å². The fourth-order valence-electron chi connectivity index (χ4n) is 1.74. The third-order valence-electron chi connectivity index (χ3n) is 2.72.